The second kappa shape index (κ2) is 6.91. The van der Waals surface area contributed by atoms with Crippen molar-refractivity contribution in [2.75, 3.05) is 13.2 Å². The van der Waals surface area contributed by atoms with Crippen molar-refractivity contribution in [1.29, 1.82) is 0 Å². The number of nitrogens with zero attached hydrogens (tertiary/aromatic N) is 1. The van der Waals surface area contributed by atoms with Crippen LogP contribution < -0.4 is 11.1 Å². The quantitative estimate of drug-likeness (QED) is 0.325. The number of benzene rings is 1. The third-order valence-corrected chi connectivity index (χ3v) is 3.30. The van der Waals surface area contributed by atoms with Gasteiger partial charge in [-0.3, -0.25) is 4.79 Å². The molecule has 4 N–H and O–H groups in total. The number of oxime groups is 1. The summed E-state index contributed by atoms with van der Waals surface area (Å²) in [6.45, 7) is 1.40. The maximum absolute atomic E-state index is 12.0. The number of ether oxygens (including phenoxy) is 1. The lowest BCUT2D eigenvalue weighted by Gasteiger charge is -2.10. The molecule has 20 heavy (non-hydrogen) atoms. The molecule has 1 aliphatic rings. The monoisotopic (exact) mass is 277 g/mol. The highest BCUT2D eigenvalue weighted by Crippen LogP contribution is 2.14. The zero-order chi connectivity index (χ0) is 14.4. The molecule has 1 atom stereocenters. The summed E-state index contributed by atoms with van der Waals surface area (Å²) in [6.07, 6.45) is 3.25. The Morgan fingerprint density at radius 1 is 1.50 bits per heavy atom. The second-order valence-electron chi connectivity index (χ2n) is 4.75. The molecule has 1 heterocycles. The van der Waals surface area contributed by atoms with Crippen LogP contribution in [-0.2, 0) is 4.74 Å². The predicted octanol–water partition coefficient (Wildman–Crippen LogP) is 1.08. The van der Waals surface area contributed by atoms with Crippen molar-refractivity contribution in [1.82, 2.24) is 5.32 Å². The van der Waals surface area contributed by atoms with E-state index in [9.17, 15) is 4.79 Å². The average Bonchev–Trinajstić information content (AvgIpc) is 2.99. The maximum Gasteiger partial charge on any atom is 0.251 e. The fourth-order valence-electron chi connectivity index (χ4n) is 2.20. The Balaban J connectivity index is 1.88. The molecule has 6 nitrogen and oxygen atoms in total. The summed E-state index contributed by atoms with van der Waals surface area (Å²) in [5.41, 5.74) is 6.50. The van der Waals surface area contributed by atoms with Crippen molar-refractivity contribution in [3.8, 4) is 0 Å². The minimum atomic E-state index is -0.171. The minimum Gasteiger partial charge on any atom is -0.409 e. The molecular formula is C14H19N3O3. The lowest BCUT2D eigenvalue weighted by molar-refractivity contribution is 0.0907. The number of nitrogens with two attached hydrogens (primary N) is 1. The molecule has 108 valence electrons. The van der Waals surface area contributed by atoms with E-state index < -0.39 is 0 Å². The van der Waals surface area contributed by atoms with Gasteiger partial charge in [0.15, 0.2) is 5.84 Å². The van der Waals surface area contributed by atoms with Crippen LogP contribution in [0.4, 0.5) is 0 Å². The Labute approximate surface area is 117 Å². The number of rotatable bonds is 5. The normalized spacial score (nSPS) is 19.0. The Morgan fingerprint density at radius 3 is 3.00 bits per heavy atom. The Hall–Kier alpha value is -2.08. The van der Waals surface area contributed by atoms with Gasteiger partial charge in [-0.2, -0.15) is 0 Å². The Morgan fingerprint density at radius 2 is 2.30 bits per heavy atom. The molecule has 0 aromatic heterocycles. The summed E-state index contributed by atoms with van der Waals surface area (Å²) in [5, 5.41) is 14.4. The van der Waals surface area contributed by atoms with Gasteiger partial charge in [0.05, 0.1) is 6.10 Å². The molecule has 0 saturated carbocycles. The van der Waals surface area contributed by atoms with Gasteiger partial charge in [0.25, 0.3) is 5.91 Å². The summed E-state index contributed by atoms with van der Waals surface area (Å²) in [6, 6.07) is 6.66. The SMILES string of the molecule is NC(=NO)c1cccc(C(=O)NCCC2CCCO2)c1. The fraction of sp³-hybridized carbons (Fsp3) is 0.429. The highest BCUT2D eigenvalue weighted by Gasteiger charge is 2.15. The largest absolute Gasteiger partial charge is 0.409 e. The van der Waals surface area contributed by atoms with E-state index in [2.05, 4.69) is 10.5 Å². The molecule has 2 rings (SSSR count). The first-order chi connectivity index (χ1) is 9.70. The highest BCUT2D eigenvalue weighted by molar-refractivity contribution is 6.01. The van der Waals surface area contributed by atoms with Crippen molar-refractivity contribution in [3.63, 3.8) is 0 Å². The molecule has 1 amide bonds. The lowest BCUT2D eigenvalue weighted by atomic mass is 10.1. The van der Waals surface area contributed by atoms with E-state index >= 15 is 0 Å². The Kier molecular flexibility index (Phi) is 4.95. The first kappa shape index (κ1) is 14.3. The van der Waals surface area contributed by atoms with Gasteiger partial charge in [-0.1, -0.05) is 17.3 Å². The molecule has 0 aliphatic carbocycles. The van der Waals surface area contributed by atoms with Crippen LogP contribution in [0.3, 0.4) is 0 Å². The summed E-state index contributed by atoms with van der Waals surface area (Å²) in [7, 11) is 0. The zero-order valence-electron chi connectivity index (χ0n) is 11.2. The number of carbonyl (C=O) groups excluding carboxylic acids is 1. The molecule has 6 heteroatoms. The molecule has 1 fully saturated rings. The van der Waals surface area contributed by atoms with Gasteiger partial charge in [0, 0.05) is 24.3 Å². The standard InChI is InChI=1S/C14H19N3O3/c15-13(17-19)10-3-1-4-11(9-10)14(18)16-7-6-12-5-2-8-20-12/h1,3-4,9,12,19H,2,5-8H2,(H2,15,17)(H,16,18). The van der Waals surface area contributed by atoms with Crippen LogP contribution in [-0.4, -0.2) is 36.2 Å². The van der Waals surface area contributed by atoms with E-state index in [0.29, 0.717) is 17.7 Å². The van der Waals surface area contributed by atoms with Crippen LogP contribution >= 0.6 is 0 Å². The number of nitrogens with one attached hydrogen (secondary N) is 1. The van der Waals surface area contributed by atoms with Gasteiger partial charge in [-0.15, -0.1) is 0 Å². The first-order valence-corrected chi connectivity index (χ1v) is 6.68. The molecule has 1 aromatic rings. The highest BCUT2D eigenvalue weighted by atomic mass is 16.5. The molecule has 0 spiro atoms. The van der Waals surface area contributed by atoms with Crippen molar-refractivity contribution >= 4 is 11.7 Å². The Bertz CT molecular complexity index is 496. The van der Waals surface area contributed by atoms with E-state index in [-0.39, 0.29) is 17.8 Å². The predicted molar refractivity (Wildman–Crippen MR) is 74.9 cm³/mol. The minimum absolute atomic E-state index is 0.0148. The number of amides is 1. The van der Waals surface area contributed by atoms with Gasteiger partial charge in [-0.25, -0.2) is 0 Å². The van der Waals surface area contributed by atoms with Gasteiger partial charge in [0.2, 0.25) is 0 Å². The van der Waals surface area contributed by atoms with Gasteiger partial charge in [0.1, 0.15) is 0 Å². The third kappa shape index (κ3) is 3.71. The fourth-order valence-corrected chi connectivity index (χ4v) is 2.20. The number of hydrogen-bond acceptors (Lipinski definition) is 4. The molecule has 0 radical (unpaired) electrons. The van der Waals surface area contributed by atoms with Gasteiger partial charge >= 0.3 is 0 Å². The number of hydrogen-bond donors (Lipinski definition) is 3. The summed E-state index contributed by atoms with van der Waals surface area (Å²) in [4.78, 5) is 12.0. The van der Waals surface area contributed by atoms with Crippen LogP contribution in [0.15, 0.2) is 29.4 Å². The third-order valence-electron chi connectivity index (χ3n) is 3.30. The van der Waals surface area contributed by atoms with E-state index in [1.165, 1.54) is 0 Å². The van der Waals surface area contributed by atoms with E-state index in [1.807, 2.05) is 0 Å². The molecular weight excluding hydrogens is 258 g/mol. The number of amidine groups is 1. The smallest absolute Gasteiger partial charge is 0.251 e. The van der Waals surface area contributed by atoms with Crippen LogP contribution in [0.25, 0.3) is 0 Å². The van der Waals surface area contributed by atoms with Crippen LogP contribution in [0.2, 0.25) is 0 Å². The average molecular weight is 277 g/mol. The number of carbonyl (C=O) groups is 1. The first-order valence-electron chi connectivity index (χ1n) is 6.68. The van der Waals surface area contributed by atoms with E-state index in [4.69, 9.17) is 15.7 Å². The molecule has 1 unspecified atom stereocenters. The summed E-state index contributed by atoms with van der Waals surface area (Å²) < 4.78 is 5.49. The topological polar surface area (TPSA) is 96.9 Å². The molecule has 1 aromatic carbocycles. The summed E-state index contributed by atoms with van der Waals surface area (Å²) >= 11 is 0. The van der Waals surface area contributed by atoms with Crippen LogP contribution in [0, 0.1) is 0 Å². The van der Waals surface area contributed by atoms with Crippen LogP contribution in [0.1, 0.15) is 35.2 Å². The van der Waals surface area contributed by atoms with E-state index in [0.717, 1.165) is 25.9 Å². The lowest BCUT2D eigenvalue weighted by Crippen LogP contribution is -2.27. The van der Waals surface area contributed by atoms with Crippen molar-refractivity contribution in [2.24, 2.45) is 10.9 Å². The zero-order valence-corrected chi connectivity index (χ0v) is 11.2. The van der Waals surface area contributed by atoms with Crippen molar-refractivity contribution in [3.05, 3.63) is 35.4 Å². The van der Waals surface area contributed by atoms with Gasteiger partial charge < -0.3 is 21.0 Å². The second-order valence-corrected chi connectivity index (χ2v) is 4.75. The molecule has 1 aliphatic heterocycles. The van der Waals surface area contributed by atoms with Crippen molar-refractivity contribution < 1.29 is 14.7 Å². The van der Waals surface area contributed by atoms with E-state index in [1.54, 1.807) is 24.3 Å². The maximum atomic E-state index is 12.0. The van der Waals surface area contributed by atoms with Gasteiger partial charge in [-0.05, 0) is 31.4 Å². The summed E-state index contributed by atoms with van der Waals surface area (Å²) in [5.74, 6) is -0.186. The molecule has 1 saturated heterocycles. The van der Waals surface area contributed by atoms with Crippen LogP contribution in [0.5, 0.6) is 0 Å². The van der Waals surface area contributed by atoms with Crippen molar-refractivity contribution in [2.45, 2.75) is 25.4 Å². The molecule has 0 bridgehead atoms.